The Hall–Kier alpha value is -3.36. The molecule has 0 saturated heterocycles. The number of halogens is 2. The molecule has 4 aromatic rings. The van der Waals surface area contributed by atoms with Crippen molar-refractivity contribution in [2.75, 3.05) is 20.3 Å². The minimum atomic E-state index is -0.312. The van der Waals surface area contributed by atoms with Crippen LogP contribution in [0.15, 0.2) is 54.6 Å². The molecule has 0 aliphatic rings. The fourth-order valence-corrected chi connectivity index (χ4v) is 3.37. The van der Waals surface area contributed by atoms with Gasteiger partial charge in [0.25, 0.3) is 5.91 Å². The van der Waals surface area contributed by atoms with Crippen LogP contribution in [0.2, 0.25) is 10.0 Å². The predicted molar refractivity (Wildman–Crippen MR) is 117 cm³/mol. The Morgan fingerprint density at radius 3 is 2.77 bits per heavy atom. The van der Waals surface area contributed by atoms with Crippen LogP contribution in [0.3, 0.4) is 0 Å². The second-order valence-corrected chi connectivity index (χ2v) is 7.27. The zero-order chi connectivity index (χ0) is 21.8. The maximum absolute atomic E-state index is 12.2. The van der Waals surface area contributed by atoms with Gasteiger partial charge in [-0.1, -0.05) is 35.3 Å². The van der Waals surface area contributed by atoms with E-state index in [2.05, 4.69) is 20.6 Å². The number of hydrogen-bond donors (Lipinski definition) is 1. The first kappa shape index (κ1) is 20.9. The van der Waals surface area contributed by atoms with Crippen LogP contribution in [0.4, 0.5) is 0 Å². The fraction of sp³-hybridized carbons (Fsp3) is 0.143. The van der Waals surface area contributed by atoms with Crippen molar-refractivity contribution in [3.05, 3.63) is 70.2 Å². The summed E-state index contributed by atoms with van der Waals surface area (Å²) >= 11 is 11.9. The number of carbonyl (C=O) groups excluding carboxylic acids is 1. The summed E-state index contributed by atoms with van der Waals surface area (Å²) in [6.07, 6.45) is 0. The van der Waals surface area contributed by atoms with Crippen LogP contribution in [0.5, 0.6) is 11.6 Å². The summed E-state index contributed by atoms with van der Waals surface area (Å²) < 4.78 is 12.5. The normalized spacial score (nSPS) is 10.8. The zero-order valence-corrected chi connectivity index (χ0v) is 17.9. The summed E-state index contributed by atoms with van der Waals surface area (Å²) in [6, 6.07) is 15.6. The molecule has 2 heterocycles. The van der Waals surface area contributed by atoms with E-state index < -0.39 is 0 Å². The monoisotopic (exact) mass is 457 g/mol. The van der Waals surface area contributed by atoms with E-state index in [4.69, 9.17) is 32.7 Å². The summed E-state index contributed by atoms with van der Waals surface area (Å²) in [5.41, 5.74) is 1.73. The zero-order valence-electron chi connectivity index (χ0n) is 16.4. The molecule has 4 rings (SSSR count). The SMILES string of the molecule is COc1cccc(-c2nnc3ccc(OCCNC(=O)c4ccc(Cl)cc4Cl)nn23)c1. The van der Waals surface area contributed by atoms with Gasteiger partial charge in [0.15, 0.2) is 11.5 Å². The van der Waals surface area contributed by atoms with Crippen molar-refractivity contribution in [2.45, 2.75) is 0 Å². The molecule has 0 bridgehead atoms. The van der Waals surface area contributed by atoms with Crippen LogP contribution >= 0.6 is 23.2 Å². The van der Waals surface area contributed by atoms with Gasteiger partial charge >= 0.3 is 0 Å². The molecule has 0 aliphatic heterocycles. The minimum absolute atomic E-state index is 0.214. The number of ether oxygens (including phenoxy) is 2. The third-order valence-corrected chi connectivity index (χ3v) is 4.93. The molecular weight excluding hydrogens is 441 g/mol. The van der Waals surface area contributed by atoms with Gasteiger partial charge in [0.1, 0.15) is 12.4 Å². The highest BCUT2D eigenvalue weighted by Gasteiger charge is 2.12. The van der Waals surface area contributed by atoms with Gasteiger partial charge in [-0.05, 0) is 36.4 Å². The van der Waals surface area contributed by atoms with Gasteiger partial charge in [-0.2, -0.15) is 4.52 Å². The second-order valence-electron chi connectivity index (χ2n) is 6.43. The van der Waals surface area contributed by atoms with E-state index in [0.29, 0.717) is 33.7 Å². The largest absolute Gasteiger partial charge is 0.497 e. The smallest absolute Gasteiger partial charge is 0.252 e. The van der Waals surface area contributed by atoms with Gasteiger partial charge in [-0.15, -0.1) is 15.3 Å². The van der Waals surface area contributed by atoms with Crippen LogP contribution in [0.1, 0.15) is 10.4 Å². The van der Waals surface area contributed by atoms with Crippen molar-refractivity contribution in [1.82, 2.24) is 25.1 Å². The third-order valence-electron chi connectivity index (χ3n) is 4.38. The Balaban J connectivity index is 1.41. The Morgan fingerprint density at radius 1 is 1.10 bits per heavy atom. The lowest BCUT2D eigenvalue weighted by molar-refractivity contribution is 0.0946. The highest BCUT2D eigenvalue weighted by Crippen LogP contribution is 2.23. The van der Waals surface area contributed by atoms with Crippen LogP contribution in [0.25, 0.3) is 17.0 Å². The molecule has 0 unspecified atom stereocenters. The topological polar surface area (TPSA) is 90.6 Å². The molecule has 2 aromatic heterocycles. The molecule has 1 amide bonds. The quantitative estimate of drug-likeness (QED) is 0.423. The average Bonchev–Trinajstić information content (AvgIpc) is 3.20. The molecule has 0 saturated carbocycles. The average molecular weight is 458 g/mol. The standard InChI is InChI=1S/C21H17Cl2N5O3/c1-30-15-4-2-3-13(11-15)20-26-25-18-7-8-19(27-28(18)20)31-10-9-24-21(29)16-6-5-14(22)12-17(16)23/h2-8,11-12H,9-10H2,1H3,(H,24,29). The van der Waals surface area contributed by atoms with Gasteiger partial charge in [-0.25, -0.2) is 0 Å². The minimum Gasteiger partial charge on any atom is -0.497 e. The first-order chi connectivity index (χ1) is 15.0. The van der Waals surface area contributed by atoms with Crippen molar-refractivity contribution in [2.24, 2.45) is 0 Å². The molecule has 10 heteroatoms. The number of amides is 1. The summed E-state index contributed by atoms with van der Waals surface area (Å²) in [5.74, 6) is 1.33. The van der Waals surface area contributed by atoms with Gasteiger partial charge in [-0.3, -0.25) is 4.79 Å². The first-order valence-corrected chi connectivity index (χ1v) is 10.0. The molecule has 0 spiro atoms. The number of rotatable bonds is 7. The summed E-state index contributed by atoms with van der Waals surface area (Å²) in [4.78, 5) is 12.2. The van der Waals surface area contributed by atoms with E-state index in [0.717, 1.165) is 5.56 Å². The highest BCUT2D eigenvalue weighted by molar-refractivity contribution is 6.36. The van der Waals surface area contributed by atoms with Gasteiger partial charge in [0.2, 0.25) is 5.88 Å². The number of fused-ring (bicyclic) bond motifs is 1. The lowest BCUT2D eigenvalue weighted by Gasteiger charge is -2.09. The number of aromatic nitrogens is 4. The molecule has 0 atom stereocenters. The molecule has 8 nitrogen and oxygen atoms in total. The van der Waals surface area contributed by atoms with E-state index in [-0.39, 0.29) is 24.1 Å². The maximum Gasteiger partial charge on any atom is 0.252 e. The van der Waals surface area contributed by atoms with Crippen LogP contribution in [-0.4, -0.2) is 46.0 Å². The number of nitrogens with zero attached hydrogens (tertiary/aromatic N) is 4. The highest BCUT2D eigenvalue weighted by atomic mass is 35.5. The molecular formula is C21H17Cl2N5O3. The Bertz CT molecular complexity index is 1240. The molecule has 31 heavy (non-hydrogen) atoms. The van der Waals surface area contributed by atoms with E-state index in [9.17, 15) is 4.79 Å². The summed E-state index contributed by atoms with van der Waals surface area (Å²) in [5, 5.41) is 16.3. The van der Waals surface area contributed by atoms with Crippen molar-refractivity contribution in [1.29, 1.82) is 0 Å². The Labute approximate surface area is 187 Å². The van der Waals surface area contributed by atoms with Crippen LogP contribution in [-0.2, 0) is 0 Å². The first-order valence-electron chi connectivity index (χ1n) is 9.28. The number of carbonyl (C=O) groups is 1. The fourth-order valence-electron chi connectivity index (χ4n) is 2.88. The molecule has 158 valence electrons. The van der Waals surface area contributed by atoms with Gasteiger partial charge in [0.05, 0.1) is 24.2 Å². The summed E-state index contributed by atoms with van der Waals surface area (Å²) in [7, 11) is 1.60. The van der Waals surface area contributed by atoms with Gasteiger partial charge < -0.3 is 14.8 Å². The van der Waals surface area contributed by atoms with E-state index in [1.807, 2.05) is 24.3 Å². The molecule has 2 aromatic carbocycles. The van der Waals surface area contributed by atoms with E-state index >= 15 is 0 Å². The lowest BCUT2D eigenvalue weighted by atomic mass is 10.2. The maximum atomic E-state index is 12.2. The van der Waals surface area contributed by atoms with E-state index in [1.165, 1.54) is 6.07 Å². The number of nitrogens with one attached hydrogen (secondary N) is 1. The number of hydrogen-bond acceptors (Lipinski definition) is 6. The third kappa shape index (κ3) is 4.70. The number of benzene rings is 2. The molecule has 0 fully saturated rings. The predicted octanol–water partition coefficient (Wildman–Crippen LogP) is 3.92. The Kier molecular flexibility index (Phi) is 6.20. The molecule has 0 aliphatic carbocycles. The number of methoxy groups -OCH3 is 1. The summed E-state index contributed by atoms with van der Waals surface area (Å²) in [6.45, 7) is 0.481. The molecule has 0 radical (unpaired) electrons. The van der Waals surface area contributed by atoms with Gasteiger partial charge in [0, 0.05) is 16.7 Å². The lowest BCUT2D eigenvalue weighted by Crippen LogP contribution is -2.28. The van der Waals surface area contributed by atoms with Crippen molar-refractivity contribution in [3.63, 3.8) is 0 Å². The Morgan fingerprint density at radius 2 is 1.97 bits per heavy atom. The van der Waals surface area contributed by atoms with Crippen LogP contribution < -0.4 is 14.8 Å². The second kappa shape index (κ2) is 9.20. The van der Waals surface area contributed by atoms with Crippen molar-refractivity contribution >= 4 is 34.8 Å². The van der Waals surface area contributed by atoms with Crippen LogP contribution in [0, 0.1) is 0 Å². The van der Waals surface area contributed by atoms with Crippen molar-refractivity contribution in [3.8, 4) is 23.0 Å². The molecule has 1 N–H and O–H groups in total. The van der Waals surface area contributed by atoms with Crippen molar-refractivity contribution < 1.29 is 14.3 Å². The van der Waals surface area contributed by atoms with E-state index in [1.54, 1.807) is 35.9 Å².